The molecule has 0 fully saturated rings. The molecule has 0 aliphatic rings. The Morgan fingerprint density at radius 1 is 1.41 bits per heavy atom. The molecule has 0 amide bonds. The van der Waals surface area contributed by atoms with Gasteiger partial charge in [0.2, 0.25) is 0 Å². The van der Waals surface area contributed by atoms with E-state index >= 15 is 0 Å². The zero-order valence-corrected chi connectivity index (χ0v) is 12.0. The Bertz CT molecular complexity index is 522. The lowest BCUT2D eigenvalue weighted by Crippen LogP contribution is -2.13. The van der Waals surface area contributed by atoms with Gasteiger partial charge in [-0.2, -0.15) is 0 Å². The van der Waals surface area contributed by atoms with Crippen LogP contribution in [0.15, 0.2) is 22.7 Å². The van der Waals surface area contributed by atoms with Crippen LogP contribution in [-0.2, 0) is 9.84 Å². The molecule has 17 heavy (non-hydrogen) atoms. The van der Waals surface area contributed by atoms with Crippen molar-refractivity contribution in [1.82, 2.24) is 0 Å². The largest absolute Gasteiger partial charge is 0.492 e. The summed E-state index contributed by atoms with van der Waals surface area (Å²) >= 11 is 3.27. The highest BCUT2D eigenvalue weighted by Crippen LogP contribution is 2.24. The van der Waals surface area contributed by atoms with E-state index in [-0.39, 0.29) is 18.1 Å². The third kappa shape index (κ3) is 4.87. The van der Waals surface area contributed by atoms with E-state index in [1.807, 2.05) is 0 Å². The van der Waals surface area contributed by atoms with Gasteiger partial charge in [-0.15, -0.1) is 0 Å². The van der Waals surface area contributed by atoms with Crippen molar-refractivity contribution < 1.29 is 17.9 Å². The van der Waals surface area contributed by atoms with Crippen LogP contribution >= 0.6 is 15.9 Å². The van der Waals surface area contributed by atoms with Crippen LogP contribution in [0.2, 0.25) is 0 Å². The minimum atomic E-state index is -3.06. The van der Waals surface area contributed by atoms with Gasteiger partial charge < -0.3 is 4.74 Å². The van der Waals surface area contributed by atoms with Crippen molar-refractivity contribution in [3.63, 3.8) is 0 Å². The van der Waals surface area contributed by atoms with Crippen molar-refractivity contribution in [3.8, 4) is 5.75 Å². The SMILES string of the molecule is CC(=O)c1ccc(Br)cc1OCCS(C)(=O)=O. The summed E-state index contributed by atoms with van der Waals surface area (Å²) in [6.45, 7) is 1.47. The van der Waals surface area contributed by atoms with E-state index in [1.54, 1.807) is 18.2 Å². The van der Waals surface area contributed by atoms with Crippen LogP contribution in [0.4, 0.5) is 0 Å². The van der Waals surface area contributed by atoms with Crippen molar-refractivity contribution in [2.24, 2.45) is 0 Å². The van der Waals surface area contributed by atoms with E-state index in [4.69, 9.17) is 4.74 Å². The summed E-state index contributed by atoms with van der Waals surface area (Å²) < 4.78 is 28.0. The van der Waals surface area contributed by atoms with Crippen LogP contribution in [0, 0.1) is 0 Å². The first-order chi connectivity index (χ1) is 7.79. The predicted octanol–water partition coefficient (Wildman–Crippen LogP) is 2.08. The molecular formula is C11H13BrO4S. The monoisotopic (exact) mass is 320 g/mol. The number of ether oxygens (including phenoxy) is 1. The van der Waals surface area contributed by atoms with Crippen molar-refractivity contribution in [1.29, 1.82) is 0 Å². The second-order valence-corrected chi connectivity index (χ2v) is 6.85. The van der Waals surface area contributed by atoms with Gasteiger partial charge in [-0.1, -0.05) is 15.9 Å². The summed E-state index contributed by atoms with van der Waals surface area (Å²) in [7, 11) is -3.06. The van der Waals surface area contributed by atoms with Crippen LogP contribution in [0.25, 0.3) is 0 Å². The molecule has 0 aliphatic carbocycles. The quantitative estimate of drug-likeness (QED) is 0.779. The number of rotatable bonds is 5. The highest BCUT2D eigenvalue weighted by molar-refractivity contribution is 9.10. The first-order valence-electron chi connectivity index (χ1n) is 4.90. The molecule has 1 aromatic carbocycles. The third-order valence-electron chi connectivity index (χ3n) is 2.03. The smallest absolute Gasteiger partial charge is 0.163 e. The van der Waals surface area contributed by atoms with Gasteiger partial charge in [0, 0.05) is 10.7 Å². The zero-order chi connectivity index (χ0) is 13.1. The van der Waals surface area contributed by atoms with E-state index in [9.17, 15) is 13.2 Å². The number of carbonyl (C=O) groups is 1. The molecule has 94 valence electrons. The Hall–Kier alpha value is -0.880. The minimum absolute atomic E-state index is 0.0373. The fourth-order valence-electron chi connectivity index (χ4n) is 1.21. The molecule has 0 saturated carbocycles. The van der Waals surface area contributed by atoms with Gasteiger partial charge in [0.15, 0.2) is 15.6 Å². The molecule has 1 rings (SSSR count). The molecule has 4 nitrogen and oxygen atoms in total. The molecule has 0 bridgehead atoms. The summed E-state index contributed by atoms with van der Waals surface area (Å²) in [6, 6.07) is 5.03. The molecule has 0 aliphatic heterocycles. The van der Waals surface area contributed by atoms with Gasteiger partial charge in [-0.05, 0) is 25.1 Å². The van der Waals surface area contributed by atoms with Gasteiger partial charge in [-0.25, -0.2) is 8.42 Å². The Morgan fingerprint density at radius 3 is 2.59 bits per heavy atom. The fourth-order valence-corrected chi connectivity index (χ4v) is 1.94. The topological polar surface area (TPSA) is 60.4 Å². The van der Waals surface area contributed by atoms with E-state index in [0.717, 1.165) is 10.7 Å². The number of hydrogen-bond donors (Lipinski definition) is 0. The van der Waals surface area contributed by atoms with Crippen LogP contribution in [-0.4, -0.2) is 32.8 Å². The first-order valence-corrected chi connectivity index (χ1v) is 7.76. The highest BCUT2D eigenvalue weighted by Gasteiger charge is 2.10. The average Bonchev–Trinajstić information content (AvgIpc) is 2.15. The molecule has 0 unspecified atom stereocenters. The van der Waals surface area contributed by atoms with Gasteiger partial charge in [0.05, 0.1) is 11.3 Å². The number of Topliss-reactive ketones (excluding diaryl/α,β-unsaturated/α-hetero) is 1. The molecular weight excluding hydrogens is 308 g/mol. The Morgan fingerprint density at radius 2 is 2.06 bits per heavy atom. The van der Waals surface area contributed by atoms with E-state index < -0.39 is 9.84 Å². The van der Waals surface area contributed by atoms with Crippen LogP contribution in [0.1, 0.15) is 17.3 Å². The molecule has 0 spiro atoms. The maximum Gasteiger partial charge on any atom is 0.163 e. The summed E-state index contributed by atoms with van der Waals surface area (Å²) in [5.74, 6) is 0.207. The summed E-state index contributed by atoms with van der Waals surface area (Å²) in [5, 5.41) is 0. The molecule has 0 heterocycles. The second kappa shape index (κ2) is 5.64. The molecule has 0 N–H and O–H groups in total. The van der Waals surface area contributed by atoms with Crippen LogP contribution in [0.5, 0.6) is 5.75 Å². The van der Waals surface area contributed by atoms with Gasteiger partial charge in [0.25, 0.3) is 0 Å². The van der Waals surface area contributed by atoms with E-state index in [2.05, 4.69) is 15.9 Å². The van der Waals surface area contributed by atoms with Crippen molar-refractivity contribution in [3.05, 3.63) is 28.2 Å². The standard InChI is InChI=1S/C11H13BrO4S/c1-8(13)10-4-3-9(12)7-11(10)16-5-6-17(2,14)15/h3-4,7H,5-6H2,1-2H3. The Balaban J connectivity index is 2.82. The minimum Gasteiger partial charge on any atom is -0.492 e. The van der Waals surface area contributed by atoms with Crippen molar-refractivity contribution >= 4 is 31.6 Å². The Kier molecular flexibility index (Phi) is 4.70. The number of ketones is 1. The second-order valence-electron chi connectivity index (χ2n) is 3.68. The summed E-state index contributed by atoms with van der Waals surface area (Å²) in [6.07, 6.45) is 1.14. The van der Waals surface area contributed by atoms with Crippen molar-refractivity contribution in [2.75, 3.05) is 18.6 Å². The molecule has 0 radical (unpaired) electrons. The molecule has 0 saturated heterocycles. The maximum absolute atomic E-state index is 11.3. The number of sulfone groups is 1. The average molecular weight is 321 g/mol. The Labute approximate surface area is 109 Å². The number of carbonyl (C=O) groups excluding carboxylic acids is 1. The normalized spacial score (nSPS) is 11.2. The highest BCUT2D eigenvalue weighted by atomic mass is 79.9. The van der Waals surface area contributed by atoms with E-state index in [1.165, 1.54) is 6.92 Å². The summed E-state index contributed by atoms with van der Waals surface area (Å²) in [4.78, 5) is 11.3. The van der Waals surface area contributed by atoms with Crippen LogP contribution in [0.3, 0.4) is 0 Å². The lowest BCUT2D eigenvalue weighted by Gasteiger charge is -2.09. The molecule has 6 heteroatoms. The van der Waals surface area contributed by atoms with Gasteiger partial charge in [-0.3, -0.25) is 4.79 Å². The zero-order valence-electron chi connectivity index (χ0n) is 9.57. The lowest BCUT2D eigenvalue weighted by molar-refractivity contribution is 0.101. The first kappa shape index (κ1) is 14.2. The fraction of sp³-hybridized carbons (Fsp3) is 0.364. The number of benzene rings is 1. The van der Waals surface area contributed by atoms with Gasteiger partial charge in [0.1, 0.15) is 12.4 Å². The number of hydrogen-bond acceptors (Lipinski definition) is 4. The third-order valence-corrected chi connectivity index (χ3v) is 3.44. The van der Waals surface area contributed by atoms with E-state index in [0.29, 0.717) is 11.3 Å². The maximum atomic E-state index is 11.3. The molecule has 1 aromatic rings. The van der Waals surface area contributed by atoms with Crippen molar-refractivity contribution in [2.45, 2.75) is 6.92 Å². The lowest BCUT2D eigenvalue weighted by atomic mass is 10.1. The predicted molar refractivity (Wildman–Crippen MR) is 69.4 cm³/mol. The molecule has 0 atom stereocenters. The number of halogens is 1. The summed E-state index contributed by atoms with van der Waals surface area (Å²) in [5.41, 5.74) is 0.446. The van der Waals surface area contributed by atoms with Gasteiger partial charge >= 0.3 is 0 Å². The van der Waals surface area contributed by atoms with Crippen LogP contribution < -0.4 is 4.74 Å². The molecule has 0 aromatic heterocycles.